The van der Waals surface area contributed by atoms with E-state index >= 15 is 0 Å². The zero-order chi connectivity index (χ0) is 17.2. The molecule has 1 amide bonds. The number of carbonyl (C=O) groups is 1. The normalized spacial score (nSPS) is 12.2. The molecule has 0 saturated heterocycles. The number of anilines is 1. The number of aromatic nitrogens is 3. The van der Waals surface area contributed by atoms with Crippen molar-refractivity contribution < 1.29 is 14.3 Å². The number of amides is 1. The van der Waals surface area contributed by atoms with Crippen molar-refractivity contribution in [2.24, 2.45) is 0 Å². The van der Waals surface area contributed by atoms with Crippen LogP contribution in [-0.4, -0.2) is 27.7 Å². The number of hydrogen-bond acceptors (Lipinski definition) is 5. The molecule has 3 aromatic rings. The number of benzene rings is 2. The fourth-order valence-electron chi connectivity index (χ4n) is 2.64. The quantitative estimate of drug-likeness (QED) is 0.792. The maximum atomic E-state index is 12.5. The first-order valence-corrected chi connectivity index (χ1v) is 7.86. The Labute approximate surface area is 144 Å². The van der Waals surface area contributed by atoms with E-state index in [4.69, 9.17) is 9.47 Å². The third-order valence-corrected chi connectivity index (χ3v) is 4.00. The van der Waals surface area contributed by atoms with Gasteiger partial charge >= 0.3 is 0 Å². The highest BCUT2D eigenvalue weighted by molar-refractivity contribution is 6.03. The van der Waals surface area contributed by atoms with Crippen molar-refractivity contribution in [3.63, 3.8) is 0 Å². The van der Waals surface area contributed by atoms with Gasteiger partial charge in [0.15, 0.2) is 17.2 Å². The smallest absolute Gasteiger partial charge is 0.278 e. The molecule has 0 unspecified atom stereocenters. The fraction of sp³-hybridized carbons (Fsp3) is 0.167. The summed E-state index contributed by atoms with van der Waals surface area (Å²) in [6, 6.07) is 15.2. The average molecular weight is 336 g/mol. The number of fused-ring (bicyclic) bond motifs is 1. The molecule has 7 heteroatoms. The Morgan fingerprint density at radius 2 is 1.96 bits per heavy atom. The lowest BCUT2D eigenvalue weighted by Gasteiger charge is -2.06. The molecule has 1 aliphatic heterocycles. The minimum atomic E-state index is -0.310. The van der Waals surface area contributed by atoms with Crippen molar-refractivity contribution in [1.82, 2.24) is 15.0 Å². The number of hydrogen-bond donors (Lipinski definition) is 1. The lowest BCUT2D eigenvalue weighted by molar-refractivity contribution is 0.102. The second-order valence-corrected chi connectivity index (χ2v) is 5.69. The van der Waals surface area contributed by atoms with E-state index < -0.39 is 0 Å². The van der Waals surface area contributed by atoms with Crippen LogP contribution in [0, 0.1) is 6.92 Å². The van der Waals surface area contributed by atoms with E-state index in [2.05, 4.69) is 15.6 Å². The van der Waals surface area contributed by atoms with Crippen LogP contribution in [0.2, 0.25) is 0 Å². The molecule has 0 bridgehead atoms. The summed E-state index contributed by atoms with van der Waals surface area (Å²) >= 11 is 0. The minimum Gasteiger partial charge on any atom is -0.454 e. The van der Waals surface area contributed by atoms with Crippen LogP contribution < -0.4 is 14.8 Å². The van der Waals surface area contributed by atoms with Gasteiger partial charge in [-0.15, -0.1) is 5.10 Å². The number of rotatable bonds is 4. The van der Waals surface area contributed by atoms with E-state index in [-0.39, 0.29) is 12.7 Å². The third-order valence-electron chi connectivity index (χ3n) is 4.00. The Bertz CT molecular complexity index is 921. The predicted molar refractivity (Wildman–Crippen MR) is 90.8 cm³/mol. The van der Waals surface area contributed by atoms with Crippen molar-refractivity contribution in [2.75, 3.05) is 12.1 Å². The fourth-order valence-corrected chi connectivity index (χ4v) is 2.64. The molecular formula is C18H16N4O3. The van der Waals surface area contributed by atoms with Gasteiger partial charge in [0.05, 0.1) is 12.2 Å². The number of nitrogens with zero attached hydrogens (tertiary/aromatic N) is 3. The topological polar surface area (TPSA) is 78.3 Å². The number of carbonyl (C=O) groups excluding carboxylic acids is 1. The first-order valence-electron chi connectivity index (χ1n) is 7.86. The SMILES string of the molecule is Cc1c(C(=O)Nc2ccc3c(c2)OCO3)nnn1Cc1ccccc1. The maximum absolute atomic E-state index is 12.5. The second-order valence-electron chi connectivity index (χ2n) is 5.69. The van der Waals surface area contributed by atoms with E-state index in [1.807, 2.05) is 37.3 Å². The van der Waals surface area contributed by atoms with Crippen LogP contribution in [0.25, 0.3) is 0 Å². The molecule has 0 saturated carbocycles. The highest BCUT2D eigenvalue weighted by Gasteiger charge is 2.19. The summed E-state index contributed by atoms with van der Waals surface area (Å²) in [6.07, 6.45) is 0. The molecule has 0 fully saturated rings. The summed E-state index contributed by atoms with van der Waals surface area (Å²) in [7, 11) is 0. The summed E-state index contributed by atoms with van der Waals surface area (Å²) in [5, 5.41) is 10.9. The Balaban J connectivity index is 1.51. The van der Waals surface area contributed by atoms with Crippen LogP contribution in [0.15, 0.2) is 48.5 Å². The number of nitrogens with one attached hydrogen (secondary N) is 1. The van der Waals surface area contributed by atoms with Crippen LogP contribution in [-0.2, 0) is 6.54 Å². The lowest BCUT2D eigenvalue weighted by atomic mass is 10.2. The van der Waals surface area contributed by atoms with Gasteiger partial charge in [0.1, 0.15) is 0 Å². The zero-order valence-corrected chi connectivity index (χ0v) is 13.6. The van der Waals surface area contributed by atoms with Crippen molar-refractivity contribution in [2.45, 2.75) is 13.5 Å². The molecule has 1 N–H and O–H groups in total. The summed E-state index contributed by atoms with van der Waals surface area (Å²) in [5.41, 5.74) is 2.72. The predicted octanol–water partition coefficient (Wildman–Crippen LogP) is 2.62. The summed E-state index contributed by atoms with van der Waals surface area (Å²) in [6.45, 7) is 2.59. The first-order chi connectivity index (χ1) is 12.2. The lowest BCUT2D eigenvalue weighted by Crippen LogP contribution is -2.14. The molecule has 1 aromatic heterocycles. The third kappa shape index (κ3) is 3.03. The van der Waals surface area contributed by atoms with Gasteiger partial charge in [-0.25, -0.2) is 4.68 Å². The van der Waals surface area contributed by atoms with Gasteiger partial charge < -0.3 is 14.8 Å². The van der Waals surface area contributed by atoms with Crippen LogP contribution in [0.3, 0.4) is 0 Å². The Morgan fingerprint density at radius 3 is 2.80 bits per heavy atom. The largest absolute Gasteiger partial charge is 0.454 e. The van der Waals surface area contributed by atoms with Crippen molar-refractivity contribution in [3.8, 4) is 11.5 Å². The van der Waals surface area contributed by atoms with Gasteiger partial charge in [-0.3, -0.25) is 4.79 Å². The van der Waals surface area contributed by atoms with Gasteiger partial charge in [-0.2, -0.15) is 0 Å². The molecular weight excluding hydrogens is 320 g/mol. The van der Waals surface area contributed by atoms with Crippen molar-refractivity contribution >= 4 is 11.6 Å². The first kappa shape index (κ1) is 15.2. The van der Waals surface area contributed by atoms with Crippen LogP contribution in [0.5, 0.6) is 11.5 Å². The minimum absolute atomic E-state index is 0.194. The monoisotopic (exact) mass is 336 g/mol. The molecule has 0 atom stereocenters. The van der Waals surface area contributed by atoms with Crippen LogP contribution >= 0.6 is 0 Å². The molecule has 7 nitrogen and oxygen atoms in total. The van der Waals surface area contributed by atoms with Gasteiger partial charge in [-0.05, 0) is 24.6 Å². The molecule has 2 aromatic carbocycles. The highest BCUT2D eigenvalue weighted by atomic mass is 16.7. The maximum Gasteiger partial charge on any atom is 0.278 e. The molecule has 0 aliphatic carbocycles. The van der Waals surface area contributed by atoms with Gasteiger partial charge in [0, 0.05) is 11.8 Å². The zero-order valence-electron chi connectivity index (χ0n) is 13.6. The van der Waals surface area contributed by atoms with E-state index in [1.165, 1.54) is 0 Å². The molecule has 2 heterocycles. The summed E-state index contributed by atoms with van der Waals surface area (Å²) in [4.78, 5) is 12.5. The molecule has 126 valence electrons. The van der Waals surface area contributed by atoms with Crippen LogP contribution in [0.1, 0.15) is 21.7 Å². The summed E-state index contributed by atoms with van der Waals surface area (Å²) < 4.78 is 12.3. The van der Waals surface area contributed by atoms with Crippen molar-refractivity contribution in [1.29, 1.82) is 0 Å². The Kier molecular flexibility index (Phi) is 3.81. The van der Waals surface area contributed by atoms with Crippen molar-refractivity contribution in [3.05, 3.63) is 65.5 Å². The highest BCUT2D eigenvalue weighted by Crippen LogP contribution is 2.34. The molecule has 4 rings (SSSR count). The molecule has 25 heavy (non-hydrogen) atoms. The standard InChI is InChI=1S/C18H16N4O3/c1-12-17(20-21-22(12)10-13-5-3-2-4-6-13)18(23)19-14-7-8-15-16(9-14)25-11-24-15/h2-9H,10-11H2,1H3,(H,19,23). The van der Waals surface area contributed by atoms with Gasteiger partial charge in [-0.1, -0.05) is 35.5 Å². The second kappa shape index (κ2) is 6.27. The van der Waals surface area contributed by atoms with Gasteiger partial charge in [0.25, 0.3) is 5.91 Å². The molecule has 0 spiro atoms. The number of ether oxygens (including phenoxy) is 2. The van der Waals surface area contributed by atoms with Crippen LogP contribution in [0.4, 0.5) is 5.69 Å². The Hall–Kier alpha value is -3.35. The van der Waals surface area contributed by atoms with E-state index in [0.717, 1.165) is 5.56 Å². The van der Waals surface area contributed by atoms with E-state index in [9.17, 15) is 4.79 Å². The molecule has 1 aliphatic rings. The van der Waals surface area contributed by atoms with Gasteiger partial charge in [0.2, 0.25) is 6.79 Å². The average Bonchev–Trinajstić information content (AvgIpc) is 3.23. The molecule has 0 radical (unpaired) electrons. The van der Waals surface area contributed by atoms with E-state index in [1.54, 1.807) is 22.9 Å². The Morgan fingerprint density at radius 1 is 1.16 bits per heavy atom. The summed E-state index contributed by atoms with van der Waals surface area (Å²) in [5.74, 6) is 0.973. The van der Waals surface area contributed by atoms with E-state index in [0.29, 0.717) is 35.1 Å².